The molecule has 1 heterocycles. The largest absolute Gasteiger partial charge is 0.326 e. The Bertz CT molecular complexity index is 821. The smallest absolute Gasteiger partial charge is 0.269 e. The average molecular weight is 451 g/mol. The number of nitrogens with zero attached hydrogens (tertiary/aromatic N) is 2. The summed E-state index contributed by atoms with van der Waals surface area (Å²) in [4.78, 5) is 36.3. The zero-order valence-electron chi connectivity index (χ0n) is 13.0. The summed E-state index contributed by atoms with van der Waals surface area (Å²) in [6.45, 7) is 0.257. The lowest BCUT2D eigenvalue weighted by molar-refractivity contribution is -0.384. The predicted octanol–water partition coefficient (Wildman–Crippen LogP) is 3.19. The standard InChI is InChI=1S/C17H14IN3O4/c18-12-1-3-13(4-2-12)19-17(23)11-9-16(22)20(10-11)14-5-7-15(8-6-14)21(24)25/h1-8,11H,9-10H2,(H,19,23)/t11-/m0/s1. The Labute approximate surface area is 157 Å². The summed E-state index contributed by atoms with van der Waals surface area (Å²) in [6.07, 6.45) is 0.118. The van der Waals surface area contributed by atoms with Gasteiger partial charge in [0.1, 0.15) is 0 Å². The average Bonchev–Trinajstić information content (AvgIpc) is 2.99. The van der Waals surface area contributed by atoms with E-state index in [1.807, 2.05) is 24.3 Å². The van der Waals surface area contributed by atoms with Crippen LogP contribution >= 0.6 is 22.6 Å². The molecule has 2 aromatic rings. The summed E-state index contributed by atoms with van der Waals surface area (Å²) >= 11 is 2.18. The number of amides is 2. The number of carbonyl (C=O) groups is 2. The number of anilines is 2. The van der Waals surface area contributed by atoms with E-state index in [0.717, 1.165) is 3.57 Å². The molecule has 0 unspecified atom stereocenters. The molecular weight excluding hydrogens is 437 g/mol. The summed E-state index contributed by atoms with van der Waals surface area (Å²) in [5.41, 5.74) is 1.20. The van der Waals surface area contributed by atoms with Crippen LogP contribution in [-0.2, 0) is 9.59 Å². The van der Waals surface area contributed by atoms with Crippen molar-refractivity contribution in [3.05, 3.63) is 62.2 Å². The summed E-state index contributed by atoms with van der Waals surface area (Å²) in [6, 6.07) is 13.1. The fourth-order valence-electron chi connectivity index (χ4n) is 2.66. The van der Waals surface area contributed by atoms with Crippen LogP contribution < -0.4 is 10.2 Å². The van der Waals surface area contributed by atoms with Gasteiger partial charge in [-0.1, -0.05) is 0 Å². The fraction of sp³-hybridized carbons (Fsp3) is 0.176. The minimum atomic E-state index is -0.493. The van der Waals surface area contributed by atoms with E-state index >= 15 is 0 Å². The van der Waals surface area contributed by atoms with Gasteiger partial charge in [-0.15, -0.1) is 0 Å². The number of nitro groups is 1. The highest BCUT2D eigenvalue weighted by atomic mass is 127. The summed E-state index contributed by atoms with van der Waals surface area (Å²) in [5, 5.41) is 13.5. The monoisotopic (exact) mass is 451 g/mol. The Morgan fingerprint density at radius 3 is 2.40 bits per heavy atom. The number of rotatable bonds is 4. The van der Waals surface area contributed by atoms with Gasteiger partial charge in [-0.2, -0.15) is 0 Å². The van der Waals surface area contributed by atoms with Crippen molar-refractivity contribution in [2.24, 2.45) is 5.92 Å². The van der Waals surface area contributed by atoms with Gasteiger partial charge in [0.15, 0.2) is 0 Å². The van der Waals surface area contributed by atoms with Crippen LogP contribution in [0.5, 0.6) is 0 Å². The third-order valence-corrected chi connectivity index (χ3v) is 4.70. The number of hydrogen-bond donors (Lipinski definition) is 1. The van der Waals surface area contributed by atoms with Crippen molar-refractivity contribution in [3.63, 3.8) is 0 Å². The van der Waals surface area contributed by atoms with Gasteiger partial charge in [-0.25, -0.2) is 0 Å². The number of halogens is 1. The number of non-ortho nitro benzene ring substituents is 1. The fourth-order valence-corrected chi connectivity index (χ4v) is 3.02. The topological polar surface area (TPSA) is 92.6 Å². The van der Waals surface area contributed by atoms with Gasteiger partial charge < -0.3 is 10.2 Å². The predicted molar refractivity (Wildman–Crippen MR) is 101 cm³/mol. The lowest BCUT2D eigenvalue weighted by Gasteiger charge is -2.16. The van der Waals surface area contributed by atoms with Crippen LogP contribution in [0.3, 0.4) is 0 Å². The minimum absolute atomic E-state index is 0.0385. The molecule has 2 aromatic carbocycles. The van der Waals surface area contributed by atoms with Crippen LogP contribution in [-0.4, -0.2) is 23.3 Å². The van der Waals surface area contributed by atoms with Crippen molar-refractivity contribution in [1.29, 1.82) is 0 Å². The maximum absolute atomic E-state index is 12.4. The van der Waals surface area contributed by atoms with E-state index < -0.39 is 10.8 Å². The van der Waals surface area contributed by atoms with Crippen LogP contribution in [0, 0.1) is 19.6 Å². The first-order valence-electron chi connectivity index (χ1n) is 7.55. The lowest BCUT2D eigenvalue weighted by atomic mass is 10.1. The molecule has 25 heavy (non-hydrogen) atoms. The summed E-state index contributed by atoms with van der Waals surface area (Å²) < 4.78 is 1.07. The highest BCUT2D eigenvalue weighted by Gasteiger charge is 2.35. The Morgan fingerprint density at radius 1 is 1.16 bits per heavy atom. The van der Waals surface area contributed by atoms with Crippen molar-refractivity contribution in [2.45, 2.75) is 6.42 Å². The quantitative estimate of drug-likeness (QED) is 0.439. The van der Waals surface area contributed by atoms with Crippen molar-refractivity contribution < 1.29 is 14.5 Å². The number of carbonyl (C=O) groups excluding carboxylic acids is 2. The molecule has 0 aromatic heterocycles. The van der Waals surface area contributed by atoms with Crippen LogP contribution in [0.1, 0.15) is 6.42 Å². The number of benzene rings is 2. The van der Waals surface area contributed by atoms with Crippen LogP contribution in [0.25, 0.3) is 0 Å². The van der Waals surface area contributed by atoms with E-state index in [-0.39, 0.29) is 30.5 Å². The summed E-state index contributed by atoms with van der Waals surface area (Å²) in [7, 11) is 0. The summed E-state index contributed by atoms with van der Waals surface area (Å²) in [5.74, 6) is -0.836. The minimum Gasteiger partial charge on any atom is -0.326 e. The molecule has 1 atom stereocenters. The molecule has 7 nitrogen and oxygen atoms in total. The molecule has 0 saturated carbocycles. The first-order valence-corrected chi connectivity index (χ1v) is 8.63. The Hall–Kier alpha value is -2.49. The van der Waals surface area contributed by atoms with Crippen LogP contribution in [0.4, 0.5) is 17.1 Å². The van der Waals surface area contributed by atoms with E-state index in [0.29, 0.717) is 11.4 Å². The zero-order chi connectivity index (χ0) is 18.0. The van der Waals surface area contributed by atoms with Crippen molar-refractivity contribution in [2.75, 3.05) is 16.8 Å². The van der Waals surface area contributed by atoms with E-state index in [1.54, 1.807) is 0 Å². The Morgan fingerprint density at radius 2 is 1.80 bits per heavy atom. The maximum Gasteiger partial charge on any atom is 0.269 e. The van der Waals surface area contributed by atoms with E-state index in [9.17, 15) is 19.7 Å². The molecule has 1 saturated heterocycles. The second-order valence-electron chi connectivity index (χ2n) is 5.68. The molecule has 0 spiro atoms. The maximum atomic E-state index is 12.4. The Balaban J connectivity index is 1.68. The third-order valence-electron chi connectivity index (χ3n) is 3.98. The molecule has 1 fully saturated rings. The van der Waals surface area contributed by atoms with E-state index in [1.165, 1.54) is 29.2 Å². The molecule has 3 rings (SSSR count). The molecule has 0 radical (unpaired) electrons. The molecule has 128 valence electrons. The molecule has 8 heteroatoms. The molecule has 0 bridgehead atoms. The molecule has 1 aliphatic heterocycles. The van der Waals surface area contributed by atoms with Crippen molar-refractivity contribution in [3.8, 4) is 0 Å². The molecular formula is C17H14IN3O4. The van der Waals surface area contributed by atoms with Crippen LogP contribution in [0.2, 0.25) is 0 Å². The number of hydrogen-bond acceptors (Lipinski definition) is 4. The lowest BCUT2D eigenvalue weighted by Crippen LogP contribution is -2.28. The van der Waals surface area contributed by atoms with E-state index in [4.69, 9.17) is 0 Å². The van der Waals surface area contributed by atoms with Gasteiger partial charge in [0.2, 0.25) is 11.8 Å². The second-order valence-corrected chi connectivity index (χ2v) is 6.92. The first kappa shape index (κ1) is 17.3. The molecule has 0 aliphatic carbocycles. The first-order chi connectivity index (χ1) is 11.9. The highest BCUT2D eigenvalue weighted by molar-refractivity contribution is 14.1. The zero-order valence-corrected chi connectivity index (χ0v) is 15.2. The van der Waals surface area contributed by atoms with E-state index in [2.05, 4.69) is 27.9 Å². The number of nitro benzene ring substituents is 1. The van der Waals surface area contributed by atoms with Crippen LogP contribution in [0.15, 0.2) is 48.5 Å². The molecule has 1 N–H and O–H groups in total. The van der Waals surface area contributed by atoms with Gasteiger partial charge in [-0.05, 0) is 59.0 Å². The number of nitrogens with one attached hydrogen (secondary N) is 1. The highest BCUT2D eigenvalue weighted by Crippen LogP contribution is 2.27. The second kappa shape index (κ2) is 7.18. The van der Waals surface area contributed by atoms with Gasteiger partial charge in [0.05, 0.1) is 10.8 Å². The van der Waals surface area contributed by atoms with Gasteiger partial charge in [0, 0.05) is 40.0 Å². The van der Waals surface area contributed by atoms with Gasteiger partial charge in [-0.3, -0.25) is 19.7 Å². The molecule has 1 aliphatic rings. The third kappa shape index (κ3) is 3.95. The van der Waals surface area contributed by atoms with Gasteiger partial charge >= 0.3 is 0 Å². The SMILES string of the molecule is O=C(Nc1ccc(I)cc1)[C@H]1CC(=O)N(c2ccc([N+](=O)[O-])cc2)C1. The van der Waals surface area contributed by atoms with Crippen molar-refractivity contribution >= 4 is 51.5 Å². The molecule has 2 amide bonds. The Kier molecular flexibility index (Phi) is 4.98. The van der Waals surface area contributed by atoms with Gasteiger partial charge in [0.25, 0.3) is 5.69 Å². The normalized spacial score (nSPS) is 16.8. The van der Waals surface area contributed by atoms with Crippen molar-refractivity contribution in [1.82, 2.24) is 0 Å².